The third-order valence-electron chi connectivity index (χ3n) is 2.32. The predicted octanol–water partition coefficient (Wildman–Crippen LogP) is 0.273. The predicted molar refractivity (Wildman–Crippen MR) is 50.5 cm³/mol. The Labute approximate surface area is 78.7 Å². The number of rotatable bonds is 6. The summed E-state index contributed by atoms with van der Waals surface area (Å²) in [4.78, 5) is 12.7. The molecule has 4 heteroatoms. The molecule has 0 saturated heterocycles. The molecule has 0 bridgehead atoms. The van der Waals surface area contributed by atoms with Crippen LogP contribution in [0, 0.1) is 0 Å². The Morgan fingerprint density at radius 1 is 1.69 bits per heavy atom. The van der Waals surface area contributed by atoms with Crippen LogP contribution in [0.5, 0.6) is 0 Å². The second-order valence-corrected chi connectivity index (χ2v) is 3.67. The van der Waals surface area contributed by atoms with Crippen LogP contribution in [-0.4, -0.2) is 41.1 Å². The molecular weight excluding hydrogens is 168 g/mol. The summed E-state index contributed by atoms with van der Waals surface area (Å²) in [7, 11) is 0. The highest BCUT2D eigenvalue weighted by molar-refractivity contribution is 5.73. The van der Waals surface area contributed by atoms with E-state index in [1.165, 1.54) is 12.8 Å². The molecule has 1 fully saturated rings. The van der Waals surface area contributed by atoms with Gasteiger partial charge in [-0.15, -0.1) is 0 Å². The van der Waals surface area contributed by atoms with Crippen LogP contribution in [-0.2, 0) is 4.79 Å². The molecule has 1 aliphatic rings. The second-order valence-electron chi connectivity index (χ2n) is 3.67. The summed E-state index contributed by atoms with van der Waals surface area (Å²) in [6.07, 6.45) is 3.46. The number of aliphatic carboxylic acids is 1. The van der Waals surface area contributed by atoms with Crippen LogP contribution in [0.1, 0.15) is 26.2 Å². The summed E-state index contributed by atoms with van der Waals surface area (Å²) >= 11 is 0. The highest BCUT2D eigenvalue weighted by Gasteiger charge is 2.30. The summed E-state index contributed by atoms with van der Waals surface area (Å²) in [6.45, 7) is 3.56. The Kier molecular flexibility index (Phi) is 3.69. The first-order chi connectivity index (χ1) is 6.15. The van der Waals surface area contributed by atoms with E-state index in [-0.39, 0.29) is 0 Å². The van der Waals surface area contributed by atoms with E-state index in [4.69, 9.17) is 10.8 Å². The van der Waals surface area contributed by atoms with Gasteiger partial charge in [0, 0.05) is 12.6 Å². The van der Waals surface area contributed by atoms with Gasteiger partial charge >= 0.3 is 5.97 Å². The lowest BCUT2D eigenvalue weighted by atomic mass is 10.2. The highest BCUT2D eigenvalue weighted by atomic mass is 16.4. The number of carboxylic acids is 1. The van der Waals surface area contributed by atoms with Gasteiger partial charge in [-0.1, -0.05) is 6.92 Å². The number of carbonyl (C=O) groups is 1. The average molecular weight is 186 g/mol. The molecule has 0 aliphatic heterocycles. The molecule has 3 N–H and O–H groups in total. The molecule has 1 unspecified atom stereocenters. The molecule has 0 amide bonds. The maximum atomic E-state index is 10.5. The van der Waals surface area contributed by atoms with Gasteiger partial charge < -0.3 is 10.8 Å². The standard InChI is InChI=1S/C9H18N2O2/c1-2-5-11(7-3-4-7)6-8(10)9(12)13/h7-8H,2-6,10H2,1H3,(H,12,13). The minimum Gasteiger partial charge on any atom is -0.480 e. The van der Waals surface area contributed by atoms with Gasteiger partial charge in [-0.2, -0.15) is 0 Å². The van der Waals surface area contributed by atoms with Crippen LogP contribution in [0.4, 0.5) is 0 Å². The fraction of sp³-hybridized carbons (Fsp3) is 0.889. The van der Waals surface area contributed by atoms with E-state index < -0.39 is 12.0 Å². The lowest BCUT2D eigenvalue weighted by molar-refractivity contribution is -0.139. The van der Waals surface area contributed by atoms with Gasteiger partial charge in [-0.05, 0) is 25.8 Å². The highest BCUT2D eigenvalue weighted by Crippen LogP contribution is 2.26. The van der Waals surface area contributed by atoms with E-state index in [1.54, 1.807) is 0 Å². The molecule has 0 radical (unpaired) electrons. The van der Waals surface area contributed by atoms with Crippen molar-refractivity contribution in [1.29, 1.82) is 0 Å². The number of nitrogens with two attached hydrogens (primary N) is 1. The van der Waals surface area contributed by atoms with Gasteiger partial charge in [0.25, 0.3) is 0 Å². The van der Waals surface area contributed by atoms with Gasteiger partial charge in [-0.25, -0.2) is 0 Å². The van der Waals surface area contributed by atoms with Crippen molar-refractivity contribution in [3.05, 3.63) is 0 Å². The zero-order chi connectivity index (χ0) is 9.84. The van der Waals surface area contributed by atoms with Crippen LogP contribution < -0.4 is 5.73 Å². The van der Waals surface area contributed by atoms with Crippen molar-refractivity contribution in [2.24, 2.45) is 5.73 Å². The zero-order valence-electron chi connectivity index (χ0n) is 8.07. The summed E-state index contributed by atoms with van der Waals surface area (Å²) in [5.74, 6) is -0.901. The molecule has 0 aromatic carbocycles. The van der Waals surface area contributed by atoms with Gasteiger partial charge in [0.2, 0.25) is 0 Å². The van der Waals surface area contributed by atoms with Gasteiger partial charge in [0.05, 0.1) is 0 Å². The van der Waals surface area contributed by atoms with Crippen molar-refractivity contribution in [3.63, 3.8) is 0 Å². The van der Waals surface area contributed by atoms with E-state index in [0.29, 0.717) is 12.6 Å². The molecule has 0 aromatic rings. The van der Waals surface area contributed by atoms with Crippen LogP contribution in [0.25, 0.3) is 0 Å². The monoisotopic (exact) mass is 186 g/mol. The number of hydrogen-bond donors (Lipinski definition) is 2. The van der Waals surface area contributed by atoms with Crippen LogP contribution in [0.15, 0.2) is 0 Å². The van der Waals surface area contributed by atoms with E-state index >= 15 is 0 Å². The quantitative estimate of drug-likeness (QED) is 0.625. The summed E-state index contributed by atoms with van der Waals surface area (Å²) in [5.41, 5.74) is 5.47. The molecule has 1 aliphatic carbocycles. The van der Waals surface area contributed by atoms with Crippen LogP contribution >= 0.6 is 0 Å². The maximum Gasteiger partial charge on any atom is 0.321 e. The third-order valence-corrected chi connectivity index (χ3v) is 2.32. The molecule has 0 heterocycles. The molecule has 0 spiro atoms. The molecule has 76 valence electrons. The van der Waals surface area contributed by atoms with Crippen molar-refractivity contribution in [2.75, 3.05) is 13.1 Å². The topological polar surface area (TPSA) is 66.6 Å². The lowest BCUT2D eigenvalue weighted by Crippen LogP contribution is -2.43. The largest absolute Gasteiger partial charge is 0.480 e. The third kappa shape index (κ3) is 3.32. The van der Waals surface area contributed by atoms with Gasteiger partial charge in [0.15, 0.2) is 0 Å². The minimum absolute atomic E-state index is 0.494. The van der Waals surface area contributed by atoms with Crippen molar-refractivity contribution in [2.45, 2.75) is 38.3 Å². The Morgan fingerprint density at radius 3 is 2.69 bits per heavy atom. The smallest absolute Gasteiger partial charge is 0.321 e. The van der Waals surface area contributed by atoms with Crippen molar-refractivity contribution < 1.29 is 9.90 Å². The minimum atomic E-state index is -0.901. The first kappa shape index (κ1) is 10.5. The summed E-state index contributed by atoms with van der Waals surface area (Å²) in [6, 6.07) is -0.127. The molecule has 1 rings (SSSR count). The number of carboxylic acid groups (broad SMARTS) is 1. The Hall–Kier alpha value is -0.610. The van der Waals surface area contributed by atoms with Crippen LogP contribution in [0.3, 0.4) is 0 Å². The van der Waals surface area contributed by atoms with E-state index in [1.807, 2.05) is 0 Å². The van der Waals surface area contributed by atoms with Gasteiger partial charge in [-0.3, -0.25) is 9.69 Å². The maximum absolute atomic E-state index is 10.5. The van der Waals surface area contributed by atoms with E-state index in [2.05, 4.69) is 11.8 Å². The summed E-state index contributed by atoms with van der Waals surface area (Å²) < 4.78 is 0. The van der Waals surface area contributed by atoms with E-state index in [9.17, 15) is 4.79 Å². The SMILES string of the molecule is CCCN(CC(N)C(=O)O)C1CC1. The number of nitrogens with zero attached hydrogens (tertiary/aromatic N) is 1. The Balaban J connectivity index is 2.32. The Bertz CT molecular complexity index is 180. The first-order valence-corrected chi connectivity index (χ1v) is 4.87. The van der Waals surface area contributed by atoms with Crippen molar-refractivity contribution in [1.82, 2.24) is 4.90 Å². The van der Waals surface area contributed by atoms with Gasteiger partial charge in [0.1, 0.15) is 6.04 Å². The zero-order valence-corrected chi connectivity index (χ0v) is 8.07. The van der Waals surface area contributed by atoms with Crippen LogP contribution in [0.2, 0.25) is 0 Å². The molecule has 0 aromatic heterocycles. The molecule has 4 nitrogen and oxygen atoms in total. The molecule has 13 heavy (non-hydrogen) atoms. The molecule has 1 atom stereocenters. The first-order valence-electron chi connectivity index (χ1n) is 4.87. The van der Waals surface area contributed by atoms with Crippen molar-refractivity contribution in [3.8, 4) is 0 Å². The fourth-order valence-electron chi connectivity index (χ4n) is 1.48. The molecule has 1 saturated carbocycles. The van der Waals surface area contributed by atoms with Crippen molar-refractivity contribution >= 4 is 5.97 Å². The van der Waals surface area contributed by atoms with E-state index in [0.717, 1.165) is 13.0 Å². The second kappa shape index (κ2) is 4.58. The molecular formula is C9H18N2O2. The lowest BCUT2D eigenvalue weighted by Gasteiger charge is -2.22. The Morgan fingerprint density at radius 2 is 2.31 bits per heavy atom. The normalized spacial score (nSPS) is 19.0. The average Bonchev–Trinajstić information content (AvgIpc) is 2.85. The summed E-state index contributed by atoms with van der Waals surface area (Å²) in [5, 5.41) is 8.65. The number of hydrogen-bond acceptors (Lipinski definition) is 3. The fourth-order valence-corrected chi connectivity index (χ4v) is 1.48.